The van der Waals surface area contributed by atoms with Gasteiger partial charge in [-0.1, -0.05) is 69.3 Å². The first kappa shape index (κ1) is 17.9. The molecule has 0 heterocycles. The Balaban J connectivity index is 1.99. The Hall–Kier alpha value is -2.54. The van der Waals surface area contributed by atoms with Gasteiger partial charge in [0.1, 0.15) is 0 Å². The highest BCUT2D eigenvalue weighted by Crippen LogP contribution is 2.52. The second kappa shape index (κ2) is 6.56. The summed E-state index contributed by atoms with van der Waals surface area (Å²) in [7, 11) is 0. The molecule has 0 unspecified atom stereocenters. The summed E-state index contributed by atoms with van der Waals surface area (Å²) in [6, 6.07) is 24.8. The Morgan fingerprint density at radius 2 is 1.48 bits per heavy atom. The molecule has 0 radical (unpaired) electrons. The van der Waals surface area contributed by atoms with Gasteiger partial charge in [-0.15, -0.1) is 0 Å². The molecule has 4 rings (SSSR count). The fourth-order valence-electron chi connectivity index (χ4n) is 4.74. The number of rotatable bonds is 4. The molecule has 0 aliphatic heterocycles. The van der Waals surface area contributed by atoms with Crippen LogP contribution in [0.25, 0.3) is 11.1 Å². The van der Waals surface area contributed by atoms with Crippen LogP contribution in [-0.2, 0) is 11.8 Å². The zero-order chi connectivity index (χ0) is 19.2. The van der Waals surface area contributed by atoms with Crippen molar-refractivity contribution in [1.29, 1.82) is 0 Å². The summed E-state index contributed by atoms with van der Waals surface area (Å²) in [5.74, 6) is 0. The van der Waals surface area contributed by atoms with E-state index in [4.69, 9.17) is 0 Å². The zero-order valence-electron chi connectivity index (χ0n) is 17.1. The first-order valence-corrected chi connectivity index (χ1v) is 10.1. The van der Waals surface area contributed by atoms with Crippen molar-refractivity contribution in [3.8, 4) is 11.1 Å². The largest absolute Gasteiger partial charge is 0.339 e. The van der Waals surface area contributed by atoms with Crippen molar-refractivity contribution in [2.45, 2.75) is 52.5 Å². The van der Waals surface area contributed by atoms with Crippen molar-refractivity contribution < 1.29 is 0 Å². The van der Waals surface area contributed by atoms with Gasteiger partial charge in [0.25, 0.3) is 0 Å². The molecular weight excluding hydrogens is 326 g/mol. The van der Waals surface area contributed by atoms with Crippen molar-refractivity contribution in [3.63, 3.8) is 0 Å². The lowest BCUT2D eigenvalue weighted by Crippen LogP contribution is -2.27. The van der Waals surface area contributed by atoms with E-state index in [1.165, 1.54) is 39.2 Å². The molecule has 0 saturated heterocycles. The smallest absolute Gasteiger partial charge is 0.0452 e. The Morgan fingerprint density at radius 3 is 2.15 bits per heavy atom. The predicted octanol–water partition coefficient (Wildman–Crippen LogP) is 7.10. The van der Waals surface area contributed by atoms with Crippen LogP contribution in [-0.4, -0.2) is 6.04 Å². The summed E-state index contributed by atoms with van der Waals surface area (Å²) < 4.78 is 0. The highest BCUT2D eigenvalue weighted by atomic mass is 15.2. The molecule has 138 valence electrons. The van der Waals surface area contributed by atoms with Crippen molar-refractivity contribution in [3.05, 3.63) is 83.4 Å². The third kappa shape index (κ3) is 2.68. The van der Waals surface area contributed by atoms with E-state index in [0.717, 1.165) is 6.42 Å². The maximum atomic E-state index is 2.48. The molecule has 0 atom stereocenters. The molecule has 1 aliphatic rings. The number of nitrogens with zero attached hydrogens (tertiary/aromatic N) is 1. The van der Waals surface area contributed by atoms with Crippen molar-refractivity contribution >= 4 is 11.4 Å². The Labute approximate surface area is 163 Å². The van der Waals surface area contributed by atoms with Crippen LogP contribution < -0.4 is 4.90 Å². The van der Waals surface area contributed by atoms with Crippen molar-refractivity contribution in [2.24, 2.45) is 0 Å². The van der Waals surface area contributed by atoms with Crippen molar-refractivity contribution in [2.75, 3.05) is 4.90 Å². The van der Waals surface area contributed by atoms with Gasteiger partial charge in [-0.05, 0) is 66.3 Å². The van der Waals surface area contributed by atoms with E-state index in [9.17, 15) is 0 Å². The van der Waals surface area contributed by atoms with Gasteiger partial charge in [0.15, 0.2) is 0 Å². The molecule has 0 aromatic heterocycles. The average Bonchev–Trinajstić information content (AvgIpc) is 2.90. The molecule has 1 heteroatoms. The lowest BCUT2D eigenvalue weighted by Gasteiger charge is -2.32. The van der Waals surface area contributed by atoms with Gasteiger partial charge in [-0.3, -0.25) is 0 Å². The average molecular weight is 356 g/mol. The number of para-hydroxylation sites is 1. The number of hydrogen-bond acceptors (Lipinski definition) is 1. The second-order valence-electron chi connectivity index (χ2n) is 8.31. The Morgan fingerprint density at radius 1 is 0.815 bits per heavy atom. The fourth-order valence-corrected chi connectivity index (χ4v) is 4.74. The summed E-state index contributed by atoms with van der Waals surface area (Å²) >= 11 is 0. The highest BCUT2D eigenvalue weighted by Gasteiger charge is 2.37. The molecule has 27 heavy (non-hydrogen) atoms. The third-order valence-electron chi connectivity index (χ3n) is 6.00. The monoisotopic (exact) mass is 355 g/mol. The fraction of sp³-hybridized carbons (Fsp3) is 0.308. The molecule has 1 nitrogen and oxygen atoms in total. The Bertz CT molecular complexity index is 967. The van der Waals surface area contributed by atoms with Crippen LogP contribution in [0.5, 0.6) is 0 Å². The summed E-state index contributed by atoms with van der Waals surface area (Å²) in [5.41, 5.74) is 9.89. The van der Waals surface area contributed by atoms with Crippen LogP contribution in [0.1, 0.15) is 51.3 Å². The SMILES string of the molecule is CCc1c(N(c2ccccc2)C(C)C)ccc2c1-c1ccccc1C2(C)C. The van der Waals surface area contributed by atoms with E-state index in [2.05, 4.69) is 106 Å². The molecule has 0 fully saturated rings. The van der Waals surface area contributed by atoms with E-state index in [1.807, 2.05) is 0 Å². The van der Waals surface area contributed by atoms with Gasteiger partial charge < -0.3 is 4.90 Å². The topological polar surface area (TPSA) is 3.24 Å². The number of benzene rings is 3. The summed E-state index contributed by atoms with van der Waals surface area (Å²) in [6.07, 6.45) is 1.03. The van der Waals surface area contributed by atoms with Gasteiger partial charge in [0.05, 0.1) is 0 Å². The first-order valence-electron chi connectivity index (χ1n) is 10.1. The normalized spacial score (nSPS) is 14.1. The zero-order valence-corrected chi connectivity index (χ0v) is 17.1. The molecule has 3 aromatic rings. The van der Waals surface area contributed by atoms with Gasteiger partial charge in [-0.25, -0.2) is 0 Å². The Kier molecular flexibility index (Phi) is 4.34. The summed E-state index contributed by atoms with van der Waals surface area (Å²) in [4.78, 5) is 2.48. The van der Waals surface area contributed by atoms with E-state index >= 15 is 0 Å². The molecule has 0 spiro atoms. The van der Waals surface area contributed by atoms with E-state index in [-0.39, 0.29) is 5.41 Å². The minimum Gasteiger partial charge on any atom is -0.339 e. The van der Waals surface area contributed by atoms with Gasteiger partial charge in [0, 0.05) is 22.8 Å². The van der Waals surface area contributed by atoms with Crippen LogP contribution in [0.3, 0.4) is 0 Å². The lowest BCUT2D eigenvalue weighted by molar-refractivity contribution is 0.659. The lowest BCUT2D eigenvalue weighted by atomic mass is 9.82. The molecule has 0 bridgehead atoms. The van der Waals surface area contributed by atoms with Crippen LogP contribution >= 0.6 is 0 Å². The van der Waals surface area contributed by atoms with E-state index in [1.54, 1.807) is 0 Å². The number of hydrogen-bond donors (Lipinski definition) is 0. The number of fused-ring (bicyclic) bond motifs is 3. The van der Waals surface area contributed by atoms with Gasteiger partial charge in [-0.2, -0.15) is 0 Å². The van der Waals surface area contributed by atoms with Crippen LogP contribution in [0.15, 0.2) is 66.7 Å². The van der Waals surface area contributed by atoms with Crippen LogP contribution in [0.4, 0.5) is 11.4 Å². The molecule has 0 N–H and O–H groups in total. The maximum absolute atomic E-state index is 2.48. The predicted molar refractivity (Wildman–Crippen MR) is 117 cm³/mol. The maximum Gasteiger partial charge on any atom is 0.0452 e. The standard InChI is InChI=1S/C26H29N/c1-6-20-24(27(18(2)3)19-12-8-7-9-13-19)17-16-23-25(20)21-14-10-11-15-22(21)26(23,4)5/h7-18H,6H2,1-5H3. The molecule has 0 amide bonds. The molecule has 1 aliphatic carbocycles. The second-order valence-corrected chi connectivity index (χ2v) is 8.31. The van der Waals surface area contributed by atoms with E-state index in [0.29, 0.717) is 6.04 Å². The highest BCUT2D eigenvalue weighted by molar-refractivity contribution is 5.88. The third-order valence-corrected chi connectivity index (χ3v) is 6.00. The number of anilines is 2. The minimum atomic E-state index is 0.0593. The summed E-state index contributed by atoms with van der Waals surface area (Å²) in [6.45, 7) is 11.5. The molecule has 0 saturated carbocycles. The quantitative estimate of drug-likeness (QED) is 0.482. The molecular formula is C26H29N. The van der Waals surface area contributed by atoms with Gasteiger partial charge in [0.2, 0.25) is 0 Å². The molecule has 3 aromatic carbocycles. The van der Waals surface area contributed by atoms with Crippen molar-refractivity contribution in [1.82, 2.24) is 0 Å². The summed E-state index contributed by atoms with van der Waals surface area (Å²) in [5, 5.41) is 0. The van der Waals surface area contributed by atoms with Crippen LogP contribution in [0.2, 0.25) is 0 Å². The van der Waals surface area contributed by atoms with Gasteiger partial charge >= 0.3 is 0 Å². The minimum absolute atomic E-state index is 0.0593. The van der Waals surface area contributed by atoms with E-state index < -0.39 is 0 Å². The first-order chi connectivity index (χ1) is 13.0. The van der Waals surface area contributed by atoms with Crippen LogP contribution in [0, 0.1) is 0 Å².